The highest BCUT2D eigenvalue weighted by atomic mass is 16.5. The summed E-state index contributed by atoms with van der Waals surface area (Å²) >= 11 is 0. The summed E-state index contributed by atoms with van der Waals surface area (Å²) in [6, 6.07) is 5.54. The van der Waals surface area contributed by atoms with Crippen LogP contribution in [0, 0.1) is 6.92 Å². The summed E-state index contributed by atoms with van der Waals surface area (Å²) in [6.07, 6.45) is 0. The molecule has 1 aliphatic rings. The van der Waals surface area contributed by atoms with Crippen molar-refractivity contribution in [1.29, 1.82) is 0 Å². The quantitative estimate of drug-likeness (QED) is 0.554. The molecule has 0 radical (unpaired) electrons. The molecule has 0 amide bonds. The Labute approximate surface area is 160 Å². The lowest BCUT2D eigenvalue weighted by Crippen LogP contribution is -2.42. The summed E-state index contributed by atoms with van der Waals surface area (Å²) in [5.74, 6) is 1.76. The first kappa shape index (κ1) is 17.9. The molecule has 9 nitrogen and oxygen atoms in total. The molecular weight excluding hydrogens is 362 g/mol. The predicted octanol–water partition coefficient (Wildman–Crippen LogP) is 1.37. The Morgan fingerprint density at radius 2 is 1.75 bits per heavy atom. The van der Waals surface area contributed by atoms with Gasteiger partial charge in [0.1, 0.15) is 5.82 Å². The van der Waals surface area contributed by atoms with Crippen LogP contribution in [0.4, 0.5) is 11.6 Å². The minimum Gasteiger partial charge on any atom is -0.493 e. The maximum Gasteiger partial charge on any atom is 0.332 e. The van der Waals surface area contributed by atoms with Gasteiger partial charge in [0, 0.05) is 31.3 Å². The molecule has 2 N–H and O–H groups in total. The molecule has 9 heteroatoms. The molecule has 0 saturated heterocycles. The van der Waals surface area contributed by atoms with E-state index in [2.05, 4.69) is 15.5 Å². The number of aromatic amines is 1. The molecule has 3 aromatic rings. The smallest absolute Gasteiger partial charge is 0.332 e. The molecule has 1 aliphatic heterocycles. The van der Waals surface area contributed by atoms with Crippen LogP contribution in [0.1, 0.15) is 28.3 Å². The fourth-order valence-electron chi connectivity index (χ4n) is 3.79. The predicted molar refractivity (Wildman–Crippen MR) is 104 cm³/mol. The number of aromatic nitrogens is 4. The van der Waals surface area contributed by atoms with Gasteiger partial charge in [0.2, 0.25) is 0 Å². The summed E-state index contributed by atoms with van der Waals surface area (Å²) < 4.78 is 13.3. The Morgan fingerprint density at radius 3 is 2.43 bits per heavy atom. The van der Waals surface area contributed by atoms with E-state index < -0.39 is 11.6 Å². The third kappa shape index (κ3) is 2.35. The van der Waals surface area contributed by atoms with Gasteiger partial charge in [-0.05, 0) is 24.6 Å². The first-order chi connectivity index (χ1) is 13.4. The molecule has 3 heterocycles. The minimum absolute atomic E-state index is 0.350. The number of hydrogen-bond donors (Lipinski definition) is 2. The molecule has 0 saturated carbocycles. The van der Waals surface area contributed by atoms with Gasteiger partial charge in [0.15, 0.2) is 17.3 Å². The Bertz CT molecular complexity index is 1200. The second-order valence-electron chi connectivity index (χ2n) is 6.75. The second kappa shape index (κ2) is 6.29. The van der Waals surface area contributed by atoms with Crippen LogP contribution in [0.3, 0.4) is 0 Å². The Kier molecular flexibility index (Phi) is 4.02. The van der Waals surface area contributed by atoms with Crippen LogP contribution in [0.25, 0.3) is 0 Å². The number of nitrogens with zero attached hydrogens (tertiary/aromatic N) is 3. The maximum atomic E-state index is 13.1. The number of nitrogens with one attached hydrogen (secondary N) is 2. The Morgan fingerprint density at radius 1 is 1.04 bits per heavy atom. The number of anilines is 2. The van der Waals surface area contributed by atoms with Crippen LogP contribution in [0.2, 0.25) is 0 Å². The molecule has 146 valence electrons. The standard InChI is InChI=1S/C19H21N5O4/c1-9-13-14(10-6-7-11(27-4)12(8-10)28-5)15-17(20-16(13)22-21-9)23(2)19(26)24(3)18(15)25/h6-8,14H,1-5H3,(H2,20,21,22). The van der Waals surface area contributed by atoms with Gasteiger partial charge in [-0.2, -0.15) is 5.10 Å². The van der Waals surface area contributed by atoms with Crippen molar-refractivity contribution in [2.75, 3.05) is 19.5 Å². The van der Waals surface area contributed by atoms with Crippen LogP contribution in [0.5, 0.6) is 11.5 Å². The van der Waals surface area contributed by atoms with E-state index in [9.17, 15) is 9.59 Å². The SMILES string of the molecule is COc1ccc(C2c3c(n[nH]c3C)Nc3c2c(=O)n(C)c(=O)n3C)cc1OC. The van der Waals surface area contributed by atoms with Gasteiger partial charge in [0.05, 0.1) is 19.8 Å². The van der Waals surface area contributed by atoms with E-state index in [1.807, 2.05) is 19.1 Å². The van der Waals surface area contributed by atoms with E-state index >= 15 is 0 Å². The lowest BCUT2D eigenvalue weighted by atomic mass is 9.83. The molecule has 2 aromatic heterocycles. The zero-order valence-electron chi connectivity index (χ0n) is 16.3. The molecule has 0 bridgehead atoms. The van der Waals surface area contributed by atoms with Crippen LogP contribution >= 0.6 is 0 Å². The highest BCUT2D eigenvalue weighted by Gasteiger charge is 2.35. The van der Waals surface area contributed by atoms with Gasteiger partial charge in [0.25, 0.3) is 5.56 Å². The van der Waals surface area contributed by atoms with E-state index in [-0.39, 0.29) is 5.56 Å². The molecule has 1 aromatic carbocycles. The van der Waals surface area contributed by atoms with Crippen LogP contribution in [-0.4, -0.2) is 33.6 Å². The van der Waals surface area contributed by atoms with Crippen molar-refractivity contribution in [1.82, 2.24) is 19.3 Å². The Hall–Kier alpha value is -3.49. The fraction of sp³-hybridized carbons (Fsp3) is 0.316. The lowest BCUT2D eigenvalue weighted by Gasteiger charge is -2.28. The van der Waals surface area contributed by atoms with Gasteiger partial charge in [-0.15, -0.1) is 0 Å². The molecule has 0 fully saturated rings. The van der Waals surface area contributed by atoms with Crippen molar-refractivity contribution in [3.63, 3.8) is 0 Å². The molecular formula is C19H21N5O4. The van der Waals surface area contributed by atoms with E-state index in [4.69, 9.17) is 9.47 Å². The molecule has 1 unspecified atom stereocenters. The van der Waals surface area contributed by atoms with Gasteiger partial charge < -0.3 is 14.8 Å². The third-order valence-corrected chi connectivity index (χ3v) is 5.25. The summed E-state index contributed by atoms with van der Waals surface area (Å²) in [4.78, 5) is 25.5. The summed E-state index contributed by atoms with van der Waals surface area (Å²) in [5, 5.41) is 10.4. The summed E-state index contributed by atoms with van der Waals surface area (Å²) in [6.45, 7) is 1.90. The highest BCUT2D eigenvalue weighted by Crippen LogP contribution is 2.44. The largest absolute Gasteiger partial charge is 0.493 e. The number of fused-ring (bicyclic) bond motifs is 2. The van der Waals surface area contributed by atoms with Crippen molar-refractivity contribution in [2.45, 2.75) is 12.8 Å². The van der Waals surface area contributed by atoms with Crippen molar-refractivity contribution in [3.8, 4) is 11.5 Å². The maximum absolute atomic E-state index is 13.1. The zero-order valence-corrected chi connectivity index (χ0v) is 16.3. The number of H-pyrrole nitrogens is 1. The molecule has 0 aliphatic carbocycles. The number of benzene rings is 1. The van der Waals surface area contributed by atoms with Gasteiger partial charge in [-0.3, -0.25) is 19.0 Å². The number of aryl methyl sites for hydroxylation is 1. The fourth-order valence-corrected chi connectivity index (χ4v) is 3.79. The number of ether oxygens (including phenoxy) is 2. The van der Waals surface area contributed by atoms with Gasteiger partial charge in [-0.25, -0.2) is 4.79 Å². The topological polar surface area (TPSA) is 103 Å². The average molecular weight is 383 g/mol. The van der Waals surface area contributed by atoms with E-state index in [1.54, 1.807) is 27.3 Å². The third-order valence-electron chi connectivity index (χ3n) is 5.25. The summed E-state index contributed by atoms with van der Waals surface area (Å²) in [5.41, 5.74) is 2.25. The first-order valence-electron chi connectivity index (χ1n) is 8.72. The molecule has 28 heavy (non-hydrogen) atoms. The van der Waals surface area contributed by atoms with Crippen molar-refractivity contribution < 1.29 is 9.47 Å². The number of hydrogen-bond acceptors (Lipinski definition) is 6. The monoisotopic (exact) mass is 383 g/mol. The van der Waals surface area contributed by atoms with E-state index in [0.717, 1.165) is 21.4 Å². The van der Waals surface area contributed by atoms with Crippen molar-refractivity contribution >= 4 is 11.6 Å². The highest BCUT2D eigenvalue weighted by molar-refractivity contribution is 5.72. The zero-order chi connectivity index (χ0) is 20.2. The Balaban J connectivity index is 2.07. The second-order valence-corrected chi connectivity index (χ2v) is 6.75. The molecule has 4 rings (SSSR count). The van der Waals surface area contributed by atoms with E-state index in [1.165, 1.54) is 11.6 Å². The van der Waals surface area contributed by atoms with Crippen molar-refractivity contribution in [2.24, 2.45) is 14.1 Å². The van der Waals surface area contributed by atoms with Gasteiger partial charge in [-0.1, -0.05) is 6.07 Å². The van der Waals surface area contributed by atoms with E-state index in [0.29, 0.717) is 28.7 Å². The van der Waals surface area contributed by atoms with Crippen LogP contribution in [0.15, 0.2) is 27.8 Å². The minimum atomic E-state index is -0.421. The van der Waals surface area contributed by atoms with Crippen LogP contribution in [-0.2, 0) is 14.1 Å². The number of rotatable bonds is 3. The van der Waals surface area contributed by atoms with Crippen LogP contribution < -0.4 is 26.0 Å². The number of methoxy groups -OCH3 is 2. The normalized spacial score (nSPS) is 14.8. The molecule has 1 atom stereocenters. The molecule has 0 spiro atoms. The lowest BCUT2D eigenvalue weighted by molar-refractivity contribution is 0.354. The van der Waals surface area contributed by atoms with Crippen molar-refractivity contribution in [3.05, 3.63) is 61.4 Å². The summed E-state index contributed by atoms with van der Waals surface area (Å²) in [7, 11) is 6.24. The average Bonchev–Trinajstić information content (AvgIpc) is 3.09. The van der Waals surface area contributed by atoms with Gasteiger partial charge >= 0.3 is 5.69 Å². The first-order valence-corrected chi connectivity index (χ1v) is 8.72.